The first kappa shape index (κ1) is 14.3. The Morgan fingerprint density at radius 2 is 2.05 bits per heavy atom. The Morgan fingerprint density at radius 3 is 2.63 bits per heavy atom. The molecule has 0 amide bonds. The Kier molecular flexibility index (Phi) is 4.44. The molecule has 0 aromatic heterocycles. The molecule has 1 aliphatic heterocycles. The number of halogens is 1. The van der Waals surface area contributed by atoms with E-state index in [9.17, 15) is 9.90 Å². The van der Waals surface area contributed by atoms with Gasteiger partial charge in [-0.3, -0.25) is 0 Å². The molecule has 1 saturated heterocycles. The SMILES string of the molecule is N[C@H](c1c(Br)ccc(C(=O)O)c1O)C1CCOCC1. The Balaban J connectivity index is 2.37. The number of phenols is 1. The van der Waals surface area contributed by atoms with Crippen LogP contribution in [0.4, 0.5) is 0 Å². The number of nitrogens with two attached hydrogens (primary N) is 1. The van der Waals surface area contributed by atoms with Crippen molar-refractivity contribution in [3.63, 3.8) is 0 Å². The van der Waals surface area contributed by atoms with E-state index in [1.807, 2.05) is 0 Å². The van der Waals surface area contributed by atoms with Crippen LogP contribution in [0.3, 0.4) is 0 Å². The molecule has 4 N–H and O–H groups in total. The van der Waals surface area contributed by atoms with E-state index in [0.717, 1.165) is 12.8 Å². The van der Waals surface area contributed by atoms with Crippen LogP contribution in [-0.2, 0) is 4.74 Å². The second-order valence-electron chi connectivity index (χ2n) is 4.64. The molecule has 0 radical (unpaired) electrons. The highest BCUT2D eigenvalue weighted by Gasteiger charge is 2.28. The standard InChI is InChI=1S/C13H16BrNO4/c14-9-2-1-8(13(17)18)12(16)10(9)11(15)7-3-5-19-6-4-7/h1-2,7,11,16H,3-6,15H2,(H,17,18)/t11-/m0/s1. The summed E-state index contributed by atoms with van der Waals surface area (Å²) in [6.07, 6.45) is 1.62. The molecule has 1 heterocycles. The lowest BCUT2D eigenvalue weighted by atomic mass is 9.86. The number of hydrogen-bond donors (Lipinski definition) is 3. The molecule has 1 fully saturated rings. The van der Waals surface area contributed by atoms with Gasteiger partial charge in [-0.05, 0) is 30.9 Å². The number of carbonyl (C=O) groups is 1. The second-order valence-corrected chi connectivity index (χ2v) is 5.49. The molecule has 1 aromatic carbocycles. The third-order valence-electron chi connectivity index (χ3n) is 3.50. The van der Waals surface area contributed by atoms with E-state index < -0.39 is 12.0 Å². The maximum atomic E-state index is 11.0. The fraction of sp³-hybridized carbons (Fsp3) is 0.462. The molecule has 0 unspecified atom stereocenters. The van der Waals surface area contributed by atoms with Gasteiger partial charge in [-0.15, -0.1) is 0 Å². The molecule has 1 aliphatic rings. The molecule has 19 heavy (non-hydrogen) atoms. The van der Waals surface area contributed by atoms with E-state index in [-0.39, 0.29) is 17.2 Å². The summed E-state index contributed by atoms with van der Waals surface area (Å²) in [6, 6.07) is 2.57. The highest BCUT2D eigenvalue weighted by Crippen LogP contribution is 2.39. The minimum absolute atomic E-state index is 0.124. The Labute approximate surface area is 119 Å². The Morgan fingerprint density at radius 1 is 1.42 bits per heavy atom. The topological polar surface area (TPSA) is 92.8 Å². The minimum Gasteiger partial charge on any atom is -0.507 e. The van der Waals surface area contributed by atoms with Gasteiger partial charge in [0, 0.05) is 29.3 Å². The first-order valence-electron chi connectivity index (χ1n) is 6.10. The first-order valence-corrected chi connectivity index (χ1v) is 6.89. The van der Waals surface area contributed by atoms with Crippen LogP contribution in [0.15, 0.2) is 16.6 Å². The Hall–Kier alpha value is -1.11. The van der Waals surface area contributed by atoms with Crippen LogP contribution in [0.25, 0.3) is 0 Å². The van der Waals surface area contributed by atoms with E-state index in [0.29, 0.717) is 23.2 Å². The fourth-order valence-electron chi connectivity index (χ4n) is 2.38. The van der Waals surface area contributed by atoms with Gasteiger partial charge in [-0.2, -0.15) is 0 Å². The first-order chi connectivity index (χ1) is 9.02. The third-order valence-corrected chi connectivity index (χ3v) is 4.19. The van der Waals surface area contributed by atoms with E-state index in [1.54, 1.807) is 6.07 Å². The van der Waals surface area contributed by atoms with Gasteiger partial charge in [0.2, 0.25) is 0 Å². The third kappa shape index (κ3) is 2.91. The zero-order valence-electron chi connectivity index (χ0n) is 10.3. The van der Waals surface area contributed by atoms with Crippen molar-refractivity contribution in [2.24, 2.45) is 11.7 Å². The van der Waals surface area contributed by atoms with Gasteiger partial charge in [-0.25, -0.2) is 4.79 Å². The highest BCUT2D eigenvalue weighted by atomic mass is 79.9. The number of hydrogen-bond acceptors (Lipinski definition) is 4. The number of benzene rings is 1. The normalized spacial score (nSPS) is 18.2. The van der Waals surface area contributed by atoms with Crippen molar-refractivity contribution in [3.05, 3.63) is 27.7 Å². The summed E-state index contributed by atoms with van der Waals surface area (Å²) in [5.41, 5.74) is 6.54. The van der Waals surface area contributed by atoms with Gasteiger partial charge >= 0.3 is 5.97 Å². The van der Waals surface area contributed by atoms with Crippen LogP contribution in [-0.4, -0.2) is 29.4 Å². The average Bonchev–Trinajstić information content (AvgIpc) is 2.39. The molecule has 0 spiro atoms. The maximum absolute atomic E-state index is 11.0. The van der Waals surface area contributed by atoms with Crippen molar-refractivity contribution < 1.29 is 19.7 Å². The predicted octanol–water partition coefficient (Wildman–Crippen LogP) is 2.28. The summed E-state index contributed by atoms with van der Waals surface area (Å²) < 4.78 is 5.92. The lowest BCUT2D eigenvalue weighted by Crippen LogP contribution is -2.28. The van der Waals surface area contributed by atoms with Crippen LogP contribution >= 0.6 is 15.9 Å². The van der Waals surface area contributed by atoms with Gasteiger partial charge < -0.3 is 20.7 Å². The summed E-state index contributed by atoms with van der Waals surface area (Å²) in [7, 11) is 0. The average molecular weight is 330 g/mol. The zero-order chi connectivity index (χ0) is 14.0. The number of carboxylic acids is 1. The molecule has 104 valence electrons. The number of rotatable bonds is 3. The van der Waals surface area contributed by atoms with Gasteiger partial charge in [-0.1, -0.05) is 15.9 Å². The molecule has 0 bridgehead atoms. The molecule has 5 nitrogen and oxygen atoms in total. The van der Waals surface area contributed by atoms with Crippen molar-refractivity contribution in [1.82, 2.24) is 0 Å². The van der Waals surface area contributed by atoms with Gasteiger partial charge in [0.1, 0.15) is 11.3 Å². The van der Waals surface area contributed by atoms with Crippen LogP contribution in [0, 0.1) is 5.92 Å². The largest absolute Gasteiger partial charge is 0.507 e. The summed E-state index contributed by atoms with van der Waals surface area (Å²) >= 11 is 3.33. The summed E-state index contributed by atoms with van der Waals surface area (Å²) in [4.78, 5) is 11.0. The zero-order valence-corrected chi connectivity index (χ0v) is 11.9. The van der Waals surface area contributed by atoms with E-state index in [1.165, 1.54) is 6.07 Å². The minimum atomic E-state index is -1.16. The quantitative estimate of drug-likeness (QED) is 0.791. The number of carboxylic acid groups (broad SMARTS) is 1. The fourth-order valence-corrected chi connectivity index (χ4v) is 2.97. The lowest BCUT2D eigenvalue weighted by Gasteiger charge is -2.29. The van der Waals surface area contributed by atoms with E-state index in [2.05, 4.69) is 15.9 Å². The summed E-state index contributed by atoms with van der Waals surface area (Å²) in [5, 5.41) is 19.2. The van der Waals surface area contributed by atoms with Crippen molar-refractivity contribution in [2.45, 2.75) is 18.9 Å². The van der Waals surface area contributed by atoms with E-state index >= 15 is 0 Å². The van der Waals surface area contributed by atoms with Crippen molar-refractivity contribution in [3.8, 4) is 5.75 Å². The monoisotopic (exact) mass is 329 g/mol. The summed E-state index contributed by atoms with van der Waals surface area (Å²) in [6.45, 7) is 1.30. The van der Waals surface area contributed by atoms with Crippen LogP contribution in [0.1, 0.15) is 34.8 Å². The predicted molar refractivity (Wildman–Crippen MR) is 73.2 cm³/mol. The number of aromatic hydroxyl groups is 1. The molecule has 6 heteroatoms. The highest BCUT2D eigenvalue weighted by molar-refractivity contribution is 9.10. The van der Waals surface area contributed by atoms with Crippen molar-refractivity contribution in [1.29, 1.82) is 0 Å². The second kappa shape index (κ2) is 5.90. The summed E-state index contributed by atoms with van der Waals surface area (Å²) in [5.74, 6) is -1.23. The van der Waals surface area contributed by atoms with Crippen LogP contribution < -0.4 is 5.73 Å². The number of aromatic carboxylic acids is 1. The maximum Gasteiger partial charge on any atom is 0.339 e. The Bertz CT molecular complexity index is 486. The molecule has 0 saturated carbocycles. The molecular formula is C13H16BrNO4. The van der Waals surface area contributed by atoms with Crippen molar-refractivity contribution in [2.75, 3.05) is 13.2 Å². The van der Waals surface area contributed by atoms with Gasteiger partial charge in [0.05, 0.1) is 0 Å². The smallest absolute Gasteiger partial charge is 0.339 e. The molecule has 0 aliphatic carbocycles. The van der Waals surface area contributed by atoms with Crippen molar-refractivity contribution >= 4 is 21.9 Å². The lowest BCUT2D eigenvalue weighted by molar-refractivity contribution is 0.0578. The molecule has 1 aromatic rings. The molecule has 2 rings (SSSR count). The van der Waals surface area contributed by atoms with Gasteiger partial charge in [0.25, 0.3) is 0 Å². The van der Waals surface area contributed by atoms with Gasteiger partial charge in [0.15, 0.2) is 0 Å². The molecule has 1 atom stereocenters. The van der Waals surface area contributed by atoms with Crippen LogP contribution in [0.2, 0.25) is 0 Å². The van der Waals surface area contributed by atoms with E-state index in [4.69, 9.17) is 15.6 Å². The molecular weight excluding hydrogens is 314 g/mol. The van der Waals surface area contributed by atoms with Crippen LogP contribution in [0.5, 0.6) is 5.75 Å². The number of ether oxygens (including phenoxy) is 1.